The normalized spacial score (nSPS) is 10.0. The lowest BCUT2D eigenvalue weighted by atomic mass is 10.3. The first-order valence-electron chi connectivity index (χ1n) is 4.30. The molecule has 2 rings (SSSR count). The fraction of sp³-hybridized carbons (Fsp3) is 0.222. The van der Waals surface area contributed by atoms with Crippen molar-refractivity contribution in [2.75, 3.05) is 14.2 Å². The van der Waals surface area contributed by atoms with Crippen LogP contribution in [0.5, 0.6) is 11.6 Å². The Morgan fingerprint density at radius 3 is 2.60 bits per heavy atom. The average molecular weight is 206 g/mol. The van der Waals surface area contributed by atoms with Crippen LogP contribution < -0.4 is 9.47 Å². The summed E-state index contributed by atoms with van der Waals surface area (Å²) >= 11 is 0. The molecule has 0 unspecified atom stereocenters. The van der Waals surface area contributed by atoms with E-state index in [2.05, 4.69) is 20.4 Å². The van der Waals surface area contributed by atoms with E-state index < -0.39 is 0 Å². The monoisotopic (exact) mass is 206 g/mol. The van der Waals surface area contributed by atoms with E-state index in [4.69, 9.17) is 9.47 Å². The molecule has 6 heteroatoms. The Labute approximate surface area is 86.3 Å². The van der Waals surface area contributed by atoms with E-state index in [9.17, 15) is 0 Å². The van der Waals surface area contributed by atoms with Gasteiger partial charge in [0.1, 0.15) is 5.69 Å². The van der Waals surface area contributed by atoms with E-state index in [1.54, 1.807) is 25.4 Å². The van der Waals surface area contributed by atoms with E-state index in [-0.39, 0.29) is 0 Å². The van der Waals surface area contributed by atoms with Crippen LogP contribution in [0.15, 0.2) is 18.3 Å². The zero-order valence-electron chi connectivity index (χ0n) is 8.39. The summed E-state index contributed by atoms with van der Waals surface area (Å²) in [5.74, 6) is 1.02. The van der Waals surface area contributed by atoms with Crippen LogP contribution in [0.1, 0.15) is 0 Å². The molecule has 0 aliphatic heterocycles. The van der Waals surface area contributed by atoms with Crippen molar-refractivity contribution < 1.29 is 9.47 Å². The third-order valence-electron chi connectivity index (χ3n) is 1.92. The first-order chi connectivity index (χ1) is 7.35. The standard InChI is InChI=1S/C9H10N4O2/c1-14-8-4-3-6(11-9(8)15-2)7-5-10-13-12-7/h3-5H,1-2H3,(H,10,12,13). The molecule has 0 atom stereocenters. The SMILES string of the molecule is COc1ccc(-c2cn[nH]n2)nc1OC. The molecular formula is C9H10N4O2. The summed E-state index contributed by atoms with van der Waals surface area (Å²) < 4.78 is 10.2. The van der Waals surface area contributed by atoms with Crippen LogP contribution in [0.3, 0.4) is 0 Å². The second kappa shape index (κ2) is 3.95. The van der Waals surface area contributed by atoms with Gasteiger partial charge in [0, 0.05) is 0 Å². The topological polar surface area (TPSA) is 72.9 Å². The molecular weight excluding hydrogens is 196 g/mol. The second-order valence-electron chi connectivity index (χ2n) is 2.76. The highest BCUT2D eigenvalue weighted by molar-refractivity contribution is 5.55. The van der Waals surface area contributed by atoms with Gasteiger partial charge in [-0.2, -0.15) is 15.4 Å². The number of aromatic amines is 1. The van der Waals surface area contributed by atoms with Gasteiger partial charge in [-0.05, 0) is 12.1 Å². The molecule has 6 nitrogen and oxygen atoms in total. The maximum Gasteiger partial charge on any atom is 0.257 e. The summed E-state index contributed by atoms with van der Waals surface area (Å²) in [6.07, 6.45) is 1.59. The van der Waals surface area contributed by atoms with Crippen molar-refractivity contribution in [1.82, 2.24) is 20.4 Å². The van der Waals surface area contributed by atoms with E-state index in [0.29, 0.717) is 23.0 Å². The summed E-state index contributed by atoms with van der Waals surface area (Å²) in [4.78, 5) is 4.23. The van der Waals surface area contributed by atoms with Gasteiger partial charge in [-0.3, -0.25) is 0 Å². The lowest BCUT2D eigenvalue weighted by molar-refractivity contribution is 0.343. The minimum Gasteiger partial charge on any atom is -0.491 e. The van der Waals surface area contributed by atoms with Gasteiger partial charge in [0.15, 0.2) is 5.75 Å². The Bertz CT molecular complexity index is 441. The molecule has 2 aromatic heterocycles. The van der Waals surface area contributed by atoms with Crippen LogP contribution in [0.2, 0.25) is 0 Å². The highest BCUT2D eigenvalue weighted by Crippen LogP contribution is 2.26. The summed E-state index contributed by atoms with van der Waals surface area (Å²) in [7, 11) is 3.10. The number of aromatic nitrogens is 4. The van der Waals surface area contributed by atoms with Crippen LogP contribution >= 0.6 is 0 Å². The van der Waals surface area contributed by atoms with Crippen LogP contribution in [-0.4, -0.2) is 34.6 Å². The van der Waals surface area contributed by atoms with Gasteiger partial charge in [0.2, 0.25) is 0 Å². The fourth-order valence-corrected chi connectivity index (χ4v) is 1.20. The quantitative estimate of drug-likeness (QED) is 0.807. The minimum atomic E-state index is 0.429. The Morgan fingerprint density at radius 2 is 2.00 bits per heavy atom. The third-order valence-corrected chi connectivity index (χ3v) is 1.92. The van der Waals surface area contributed by atoms with Crippen molar-refractivity contribution in [2.45, 2.75) is 0 Å². The molecule has 0 aromatic carbocycles. The highest BCUT2D eigenvalue weighted by atomic mass is 16.5. The number of hydrogen-bond acceptors (Lipinski definition) is 5. The predicted molar refractivity (Wildman–Crippen MR) is 52.7 cm³/mol. The number of hydrogen-bond donors (Lipinski definition) is 1. The lowest BCUT2D eigenvalue weighted by Gasteiger charge is -2.06. The first-order valence-corrected chi connectivity index (χ1v) is 4.30. The summed E-state index contributed by atoms with van der Waals surface area (Å²) in [6.45, 7) is 0. The van der Waals surface area contributed by atoms with Gasteiger partial charge in [0.05, 0.1) is 26.1 Å². The summed E-state index contributed by atoms with van der Waals surface area (Å²) in [5.41, 5.74) is 1.34. The number of H-pyrrole nitrogens is 1. The van der Waals surface area contributed by atoms with Crippen LogP contribution in [0.25, 0.3) is 11.4 Å². The first kappa shape index (κ1) is 9.45. The van der Waals surface area contributed by atoms with E-state index in [1.165, 1.54) is 7.11 Å². The van der Waals surface area contributed by atoms with Gasteiger partial charge >= 0.3 is 0 Å². The molecule has 0 spiro atoms. The number of pyridine rings is 1. The van der Waals surface area contributed by atoms with Gasteiger partial charge in [0.25, 0.3) is 5.88 Å². The molecule has 0 bridgehead atoms. The summed E-state index contributed by atoms with van der Waals surface area (Å²) in [5, 5.41) is 10.2. The van der Waals surface area contributed by atoms with Gasteiger partial charge in [-0.25, -0.2) is 4.98 Å². The molecule has 0 aliphatic rings. The zero-order chi connectivity index (χ0) is 10.7. The maximum absolute atomic E-state index is 5.08. The van der Waals surface area contributed by atoms with Crippen molar-refractivity contribution in [3.05, 3.63) is 18.3 Å². The fourth-order valence-electron chi connectivity index (χ4n) is 1.20. The van der Waals surface area contributed by atoms with Crippen LogP contribution in [0, 0.1) is 0 Å². The number of ether oxygens (including phenoxy) is 2. The van der Waals surface area contributed by atoms with Crippen molar-refractivity contribution in [3.8, 4) is 23.0 Å². The van der Waals surface area contributed by atoms with Crippen molar-refractivity contribution in [2.24, 2.45) is 0 Å². The maximum atomic E-state index is 5.08. The Balaban J connectivity index is 2.43. The average Bonchev–Trinajstić information content (AvgIpc) is 2.81. The molecule has 0 amide bonds. The smallest absolute Gasteiger partial charge is 0.257 e. The van der Waals surface area contributed by atoms with Crippen molar-refractivity contribution in [1.29, 1.82) is 0 Å². The molecule has 15 heavy (non-hydrogen) atoms. The van der Waals surface area contributed by atoms with E-state index in [1.807, 2.05) is 0 Å². The molecule has 2 heterocycles. The second-order valence-corrected chi connectivity index (χ2v) is 2.76. The Hall–Kier alpha value is -2.11. The van der Waals surface area contributed by atoms with Crippen LogP contribution in [-0.2, 0) is 0 Å². The van der Waals surface area contributed by atoms with Crippen molar-refractivity contribution >= 4 is 0 Å². The molecule has 0 aliphatic carbocycles. The molecule has 0 radical (unpaired) electrons. The molecule has 0 saturated heterocycles. The molecule has 78 valence electrons. The third kappa shape index (κ3) is 1.74. The van der Waals surface area contributed by atoms with E-state index in [0.717, 1.165) is 0 Å². The molecule has 0 saturated carbocycles. The molecule has 0 fully saturated rings. The molecule has 2 aromatic rings. The lowest BCUT2D eigenvalue weighted by Crippen LogP contribution is -1.94. The van der Waals surface area contributed by atoms with Crippen LogP contribution in [0.4, 0.5) is 0 Å². The summed E-state index contributed by atoms with van der Waals surface area (Å²) in [6, 6.07) is 3.56. The van der Waals surface area contributed by atoms with E-state index >= 15 is 0 Å². The van der Waals surface area contributed by atoms with Gasteiger partial charge in [-0.1, -0.05) is 0 Å². The Kier molecular flexibility index (Phi) is 2.49. The number of nitrogens with zero attached hydrogens (tertiary/aromatic N) is 3. The zero-order valence-corrected chi connectivity index (χ0v) is 8.39. The minimum absolute atomic E-state index is 0.429. The van der Waals surface area contributed by atoms with Gasteiger partial charge in [-0.15, -0.1) is 0 Å². The predicted octanol–water partition coefficient (Wildman–Crippen LogP) is 0.884. The molecule has 1 N–H and O–H groups in total. The Morgan fingerprint density at radius 1 is 1.13 bits per heavy atom. The highest BCUT2D eigenvalue weighted by Gasteiger charge is 2.09. The largest absolute Gasteiger partial charge is 0.491 e. The number of rotatable bonds is 3. The number of methoxy groups -OCH3 is 2. The van der Waals surface area contributed by atoms with Gasteiger partial charge < -0.3 is 9.47 Å². The number of nitrogens with one attached hydrogen (secondary N) is 1. The van der Waals surface area contributed by atoms with Crippen molar-refractivity contribution in [3.63, 3.8) is 0 Å².